The Hall–Kier alpha value is -1.23. The van der Waals surface area contributed by atoms with Crippen LogP contribution in [0.2, 0.25) is 5.02 Å². The van der Waals surface area contributed by atoms with E-state index in [0.717, 1.165) is 5.56 Å². The number of methoxy groups -OCH3 is 1. The number of rotatable bonds is 5. The number of benzene rings is 1. The van der Waals surface area contributed by atoms with E-state index in [1.165, 1.54) is 12.0 Å². The average molecular weight is 298 g/mol. The van der Waals surface area contributed by atoms with Crippen molar-refractivity contribution in [3.8, 4) is 11.5 Å². The quantitative estimate of drug-likeness (QED) is 0.877. The zero-order valence-corrected chi connectivity index (χ0v) is 12.4. The fraction of sp³-hybridized carbons (Fsp3) is 0.286. The Morgan fingerprint density at radius 3 is 2.89 bits per heavy atom. The zero-order chi connectivity index (χ0) is 13.8. The SMILES string of the molecule is COc1cc(Cl)cc(CN[C@@H](C)c2cccs2)c1O. The Balaban J connectivity index is 2.09. The van der Waals surface area contributed by atoms with Crippen LogP contribution in [0.4, 0.5) is 0 Å². The van der Waals surface area contributed by atoms with Crippen molar-refractivity contribution in [3.05, 3.63) is 45.1 Å². The monoisotopic (exact) mass is 297 g/mol. The van der Waals surface area contributed by atoms with Crippen LogP contribution in [-0.4, -0.2) is 12.2 Å². The highest BCUT2D eigenvalue weighted by atomic mass is 35.5. The van der Waals surface area contributed by atoms with Crippen molar-refractivity contribution >= 4 is 22.9 Å². The number of hydrogen-bond acceptors (Lipinski definition) is 4. The summed E-state index contributed by atoms with van der Waals surface area (Å²) in [7, 11) is 1.51. The van der Waals surface area contributed by atoms with Crippen LogP contribution in [0.5, 0.6) is 11.5 Å². The summed E-state index contributed by atoms with van der Waals surface area (Å²) in [6.07, 6.45) is 0. The third kappa shape index (κ3) is 3.41. The van der Waals surface area contributed by atoms with Gasteiger partial charge in [0.2, 0.25) is 0 Å². The Bertz CT molecular complexity index is 543. The van der Waals surface area contributed by atoms with E-state index in [2.05, 4.69) is 18.3 Å². The van der Waals surface area contributed by atoms with Crippen LogP contribution in [0.15, 0.2) is 29.6 Å². The van der Waals surface area contributed by atoms with Gasteiger partial charge < -0.3 is 15.2 Å². The second kappa shape index (κ2) is 6.28. The first-order chi connectivity index (χ1) is 9.11. The second-order valence-corrected chi connectivity index (χ2v) is 5.65. The molecule has 2 aromatic rings. The van der Waals surface area contributed by atoms with Crippen molar-refractivity contribution in [3.63, 3.8) is 0 Å². The molecule has 1 aromatic heterocycles. The van der Waals surface area contributed by atoms with E-state index in [9.17, 15) is 5.11 Å². The van der Waals surface area contributed by atoms with Gasteiger partial charge >= 0.3 is 0 Å². The summed E-state index contributed by atoms with van der Waals surface area (Å²) in [5.74, 6) is 0.533. The van der Waals surface area contributed by atoms with Crippen LogP contribution in [0.1, 0.15) is 23.4 Å². The number of thiophene rings is 1. The molecule has 2 rings (SSSR count). The van der Waals surface area contributed by atoms with Gasteiger partial charge in [-0.2, -0.15) is 0 Å². The third-order valence-corrected chi connectivity index (χ3v) is 4.18. The van der Waals surface area contributed by atoms with Crippen LogP contribution < -0.4 is 10.1 Å². The molecule has 0 radical (unpaired) electrons. The molecule has 0 fully saturated rings. The predicted octanol–water partition coefficient (Wildman–Crippen LogP) is 3.97. The van der Waals surface area contributed by atoms with Crippen molar-refractivity contribution in [1.82, 2.24) is 5.32 Å². The van der Waals surface area contributed by atoms with E-state index in [0.29, 0.717) is 17.3 Å². The van der Waals surface area contributed by atoms with Gasteiger partial charge in [-0.05, 0) is 24.4 Å². The summed E-state index contributed by atoms with van der Waals surface area (Å²) in [6, 6.07) is 7.68. The molecule has 0 saturated heterocycles. The van der Waals surface area contributed by atoms with E-state index in [4.69, 9.17) is 16.3 Å². The molecule has 3 nitrogen and oxygen atoms in total. The minimum atomic E-state index is 0.137. The Morgan fingerprint density at radius 1 is 1.47 bits per heavy atom. The zero-order valence-electron chi connectivity index (χ0n) is 10.8. The standard InChI is InChI=1S/C14H16ClNO2S/c1-9(13-4-3-5-19-13)16-8-10-6-11(15)7-12(18-2)14(10)17/h3-7,9,16-17H,8H2,1-2H3/t9-/m0/s1. The molecule has 0 amide bonds. The molecule has 0 spiro atoms. The van der Waals surface area contributed by atoms with Crippen LogP contribution in [0, 0.1) is 0 Å². The summed E-state index contributed by atoms with van der Waals surface area (Å²) >= 11 is 7.70. The molecule has 0 unspecified atom stereocenters. The topological polar surface area (TPSA) is 41.5 Å². The largest absolute Gasteiger partial charge is 0.504 e. The lowest BCUT2D eigenvalue weighted by Crippen LogP contribution is -2.17. The minimum Gasteiger partial charge on any atom is -0.504 e. The lowest BCUT2D eigenvalue weighted by atomic mass is 10.1. The molecule has 0 saturated carbocycles. The first-order valence-electron chi connectivity index (χ1n) is 5.94. The van der Waals surface area contributed by atoms with Crippen LogP contribution in [-0.2, 0) is 6.54 Å². The fourth-order valence-electron chi connectivity index (χ4n) is 1.82. The van der Waals surface area contributed by atoms with Gasteiger partial charge in [-0.1, -0.05) is 17.7 Å². The Labute approximate surface area is 121 Å². The molecule has 1 atom stereocenters. The number of nitrogens with one attached hydrogen (secondary N) is 1. The number of ether oxygens (including phenoxy) is 1. The fourth-order valence-corrected chi connectivity index (χ4v) is 2.81. The highest BCUT2D eigenvalue weighted by molar-refractivity contribution is 7.10. The van der Waals surface area contributed by atoms with Crippen LogP contribution in [0.25, 0.3) is 0 Å². The first kappa shape index (κ1) is 14.2. The van der Waals surface area contributed by atoms with E-state index >= 15 is 0 Å². The highest BCUT2D eigenvalue weighted by Gasteiger charge is 2.12. The summed E-state index contributed by atoms with van der Waals surface area (Å²) in [5, 5.41) is 16.0. The van der Waals surface area contributed by atoms with E-state index in [-0.39, 0.29) is 11.8 Å². The second-order valence-electron chi connectivity index (χ2n) is 4.23. The highest BCUT2D eigenvalue weighted by Crippen LogP contribution is 2.33. The van der Waals surface area contributed by atoms with Gasteiger partial charge in [0, 0.05) is 34.1 Å². The van der Waals surface area contributed by atoms with Gasteiger partial charge in [-0.3, -0.25) is 0 Å². The maximum absolute atomic E-state index is 10.0. The lowest BCUT2D eigenvalue weighted by Gasteiger charge is -2.14. The number of hydrogen-bond donors (Lipinski definition) is 2. The lowest BCUT2D eigenvalue weighted by molar-refractivity contribution is 0.369. The maximum Gasteiger partial charge on any atom is 0.162 e. The molecule has 5 heteroatoms. The Morgan fingerprint density at radius 2 is 2.26 bits per heavy atom. The van der Waals surface area contributed by atoms with Crippen LogP contribution in [0.3, 0.4) is 0 Å². The number of phenols is 1. The van der Waals surface area contributed by atoms with Gasteiger partial charge in [-0.25, -0.2) is 0 Å². The molecule has 1 aromatic carbocycles. The maximum atomic E-state index is 10.0. The number of halogens is 1. The van der Waals surface area contributed by atoms with Crippen molar-refractivity contribution in [1.29, 1.82) is 0 Å². The van der Waals surface area contributed by atoms with Crippen LogP contribution >= 0.6 is 22.9 Å². The average Bonchev–Trinajstić information content (AvgIpc) is 2.93. The summed E-state index contributed by atoms with van der Waals surface area (Å²) < 4.78 is 5.09. The molecule has 19 heavy (non-hydrogen) atoms. The molecular formula is C14H16ClNO2S. The van der Waals surface area contributed by atoms with Gasteiger partial charge in [0.25, 0.3) is 0 Å². The molecule has 2 N–H and O–H groups in total. The van der Waals surface area contributed by atoms with Gasteiger partial charge in [-0.15, -0.1) is 11.3 Å². The molecular weight excluding hydrogens is 282 g/mol. The normalized spacial score (nSPS) is 12.4. The molecule has 0 aliphatic carbocycles. The van der Waals surface area contributed by atoms with Gasteiger partial charge in [0.05, 0.1) is 7.11 Å². The third-order valence-electron chi connectivity index (χ3n) is 2.91. The number of aromatic hydroxyl groups is 1. The van der Waals surface area contributed by atoms with Crippen molar-refractivity contribution < 1.29 is 9.84 Å². The Kier molecular flexibility index (Phi) is 4.69. The van der Waals surface area contributed by atoms with E-state index in [1.54, 1.807) is 23.5 Å². The first-order valence-corrected chi connectivity index (χ1v) is 7.19. The van der Waals surface area contributed by atoms with Crippen molar-refractivity contribution in [2.24, 2.45) is 0 Å². The van der Waals surface area contributed by atoms with E-state index in [1.807, 2.05) is 11.4 Å². The van der Waals surface area contributed by atoms with Crippen molar-refractivity contribution in [2.45, 2.75) is 19.5 Å². The summed E-state index contributed by atoms with van der Waals surface area (Å²) in [4.78, 5) is 1.26. The number of phenolic OH excluding ortho intramolecular Hbond substituents is 1. The molecule has 0 aliphatic rings. The molecule has 1 heterocycles. The molecule has 0 bridgehead atoms. The molecule has 0 aliphatic heterocycles. The summed E-state index contributed by atoms with van der Waals surface area (Å²) in [5.41, 5.74) is 0.729. The summed E-state index contributed by atoms with van der Waals surface area (Å²) in [6.45, 7) is 2.62. The van der Waals surface area contributed by atoms with Crippen molar-refractivity contribution in [2.75, 3.05) is 7.11 Å². The van der Waals surface area contributed by atoms with E-state index < -0.39 is 0 Å². The molecule has 102 valence electrons. The van der Waals surface area contributed by atoms with Gasteiger partial charge in [0.1, 0.15) is 0 Å². The smallest absolute Gasteiger partial charge is 0.162 e. The predicted molar refractivity (Wildman–Crippen MR) is 79.2 cm³/mol. The van der Waals surface area contributed by atoms with Gasteiger partial charge in [0.15, 0.2) is 11.5 Å². The minimum absolute atomic E-state index is 0.137.